The number of benzene rings is 6. The molecule has 0 saturated carbocycles. The van der Waals surface area contributed by atoms with Gasteiger partial charge in [-0.3, -0.25) is 0 Å². The van der Waals surface area contributed by atoms with Crippen molar-refractivity contribution in [2.45, 2.75) is 84.8 Å². The average Bonchev–Trinajstić information content (AvgIpc) is 3.13. The minimum atomic E-state index is 1.12. The Bertz CT molecular complexity index is 1420. The summed E-state index contributed by atoms with van der Waals surface area (Å²) in [4.78, 5) is 7.71. The van der Waals surface area contributed by atoms with Gasteiger partial charge in [-0.05, 0) is 92.7 Å². The SMILES string of the molecule is Brc1cccc(Sc2ccccc2)c1.CC.CC.CC.Cc1cccc(Sc2ccccc2)c1.Cc1cccc(Sc2ccccc2)c1. The predicted octanol–water partition coefficient (Wildman–Crippen LogP) is 16.0. The van der Waals surface area contributed by atoms with Gasteiger partial charge in [0.25, 0.3) is 0 Å². The zero-order valence-electron chi connectivity index (χ0n) is 29.7. The molecule has 0 nitrogen and oxygen atoms in total. The zero-order chi connectivity index (χ0) is 35.4. The molecule has 0 aliphatic carbocycles. The van der Waals surface area contributed by atoms with E-state index in [-0.39, 0.29) is 0 Å². The maximum absolute atomic E-state index is 3.46. The number of aryl methyl sites for hydroxylation is 2. The van der Waals surface area contributed by atoms with Crippen LogP contribution in [0.25, 0.3) is 0 Å². The van der Waals surface area contributed by atoms with Crippen LogP contribution in [0.5, 0.6) is 0 Å². The third-order valence-corrected chi connectivity index (χ3v) is 9.20. The molecule has 0 unspecified atom stereocenters. The van der Waals surface area contributed by atoms with Crippen molar-refractivity contribution in [1.82, 2.24) is 0 Å². The van der Waals surface area contributed by atoms with Crippen molar-refractivity contribution in [1.29, 1.82) is 0 Å². The van der Waals surface area contributed by atoms with Gasteiger partial charge >= 0.3 is 0 Å². The van der Waals surface area contributed by atoms with Gasteiger partial charge in [0.15, 0.2) is 0 Å². The molecule has 0 atom stereocenters. The lowest BCUT2D eigenvalue weighted by atomic mass is 10.2. The molecular formula is C44H51BrS3. The molecule has 48 heavy (non-hydrogen) atoms. The molecular weight excluding hydrogens is 705 g/mol. The van der Waals surface area contributed by atoms with Gasteiger partial charge in [-0.1, -0.05) is 189 Å². The molecule has 6 rings (SSSR count). The monoisotopic (exact) mass is 754 g/mol. The maximum Gasteiger partial charge on any atom is 0.0186 e. The van der Waals surface area contributed by atoms with Crippen molar-refractivity contribution in [3.63, 3.8) is 0 Å². The van der Waals surface area contributed by atoms with Gasteiger partial charge in [0, 0.05) is 33.8 Å². The highest BCUT2D eigenvalue weighted by atomic mass is 79.9. The van der Waals surface area contributed by atoms with Crippen LogP contribution >= 0.6 is 51.2 Å². The molecule has 252 valence electrons. The highest BCUT2D eigenvalue weighted by molar-refractivity contribution is 9.10. The first-order valence-corrected chi connectivity index (χ1v) is 19.9. The van der Waals surface area contributed by atoms with Crippen LogP contribution in [0.15, 0.2) is 198 Å². The largest absolute Gasteiger partial charge is 0.0901 e. The van der Waals surface area contributed by atoms with E-state index in [1.165, 1.54) is 40.5 Å². The lowest BCUT2D eigenvalue weighted by Crippen LogP contribution is -1.74. The first kappa shape index (κ1) is 42.9. The Morgan fingerprint density at radius 1 is 0.312 bits per heavy atom. The number of hydrogen-bond donors (Lipinski definition) is 0. The summed E-state index contributed by atoms with van der Waals surface area (Å²) in [7, 11) is 0. The molecule has 4 heteroatoms. The molecule has 0 radical (unpaired) electrons. The fourth-order valence-electron chi connectivity index (χ4n) is 3.76. The number of rotatable bonds is 6. The van der Waals surface area contributed by atoms with Crippen LogP contribution in [0.3, 0.4) is 0 Å². The molecule has 6 aromatic rings. The first-order chi connectivity index (χ1) is 23.5. The third-order valence-electron chi connectivity index (χ3n) is 5.71. The Kier molecular flexibility index (Phi) is 24.8. The Morgan fingerprint density at radius 2 is 0.583 bits per heavy atom. The lowest BCUT2D eigenvalue weighted by Gasteiger charge is -2.01. The summed E-state index contributed by atoms with van der Waals surface area (Å²) in [6, 6.07) is 56.7. The summed E-state index contributed by atoms with van der Waals surface area (Å²) in [6.45, 7) is 16.2. The molecule has 0 heterocycles. The van der Waals surface area contributed by atoms with Crippen LogP contribution in [0, 0.1) is 13.8 Å². The molecule has 0 amide bonds. The normalized spacial score (nSPS) is 9.19. The Balaban J connectivity index is 0.000000333. The number of halogens is 1. The Hall–Kier alpha value is -3.15. The summed E-state index contributed by atoms with van der Waals surface area (Å²) < 4.78 is 1.12. The van der Waals surface area contributed by atoms with Crippen molar-refractivity contribution >= 4 is 51.2 Å². The molecule has 0 aliphatic rings. The maximum atomic E-state index is 3.46. The predicted molar refractivity (Wildman–Crippen MR) is 222 cm³/mol. The number of hydrogen-bond acceptors (Lipinski definition) is 3. The van der Waals surface area contributed by atoms with E-state index in [0.717, 1.165) is 4.47 Å². The van der Waals surface area contributed by atoms with E-state index in [4.69, 9.17) is 0 Å². The highest BCUT2D eigenvalue weighted by Crippen LogP contribution is 2.30. The molecule has 0 aromatic heterocycles. The molecule has 0 saturated heterocycles. The van der Waals surface area contributed by atoms with Crippen LogP contribution in [-0.4, -0.2) is 0 Å². The standard InChI is InChI=1S/2C13H12S.C12H9BrS.3C2H6/c2*1-11-6-5-9-13(10-11)14-12-7-3-2-4-8-12;13-10-5-4-8-12(9-10)14-11-6-2-1-3-7-11;3*1-2/h2*2-10H,1H3;1-9H;3*1-2H3. The van der Waals surface area contributed by atoms with Gasteiger partial charge in [-0.25, -0.2) is 0 Å². The van der Waals surface area contributed by atoms with Crippen LogP contribution in [0.2, 0.25) is 0 Å². The summed E-state index contributed by atoms with van der Waals surface area (Å²) in [6.07, 6.45) is 0. The summed E-state index contributed by atoms with van der Waals surface area (Å²) in [5.74, 6) is 0. The van der Waals surface area contributed by atoms with Gasteiger partial charge in [-0.15, -0.1) is 0 Å². The molecule has 6 aromatic carbocycles. The van der Waals surface area contributed by atoms with Crippen LogP contribution in [0.4, 0.5) is 0 Å². The summed E-state index contributed by atoms with van der Waals surface area (Å²) in [5, 5.41) is 0. The van der Waals surface area contributed by atoms with E-state index in [0.29, 0.717) is 0 Å². The van der Waals surface area contributed by atoms with E-state index < -0.39 is 0 Å². The smallest absolute Gasteiger partial charge is 0.0186 e. The van der Waals surface area contributed by atoms with E-state index in [9.17, 15) is 0 Å². The van der Waals surface area contributed by atoms with Gasteiger partial charge in [0.05, 0.1) is 0 Å². The quantitative estimate of drug-likeness (QED) is 0.166. The Labute approximate surface area is 313 Å². The van der Waals surface area contributed by atoms with Crippen molar-refractivity contribution in [2.75, 3.05) is 0 Å². The topological polar surface area (TPSA) is 0 Å². The molecule has 0 N–H and O–H groups in total. The van der Waals surface area contributed by atoms with E-state index in [1.807, 2.05) is 65.8 Å². The van der Waals surface area contributed by atoms with Crippen molar-refractivity contribution in [3.05, 3.63) is 179 Å². The van der Waals surface area contributed by atoms with Crippen LogP contribution in [0.1, 0.15) is 52.7 Å². The average molecular weight is 756 g/mol. The van der Waals surface area contributed by atoms with Crippen LogP contribution in [-0.2, 0) is 0 Å². The lowest BCUT2D eigenvalue weighted by molar-refractivity contribution is 1.35. The van der Waals surface area contributed by atoms with Gasteiger partial charge in [0.1, 0.15) is 0 Å². The minimum Gasteiger partial charge on any atom is -0.0901 e. The first-order valence-electron chi connectivity index (χ1n) is 16.6. The second-order valence-corrected chi connectivity index (χ2v) is 13.7. The van der Waals surface area contributed by atoms with Crippen LogP contribution < -0.4 is 0 Å². The van der Waals surface area contributed by atoms with E-state index in [1.54, 1.807) is 35.3 Å². The summed E-state index contributed by atoms with van der Waals surface area (Å²) >= 11 is 8.84. The van der Waals surface area contributed by atoms with Crippen molar-refractivity contribution in [3.8, 4) is 0 Å². The molecule has 0 bridgehead atoms. The third kappa shape index (κ3) is 19.0. The Morgan fingerprint density at radius 3 is 0.875 bits per heavy atom. The fraction of sp³-hybridized carbons (Fsp3) is 0.182. The zero-order valence-corrected chi connectivity index (χ0v) is 33.7. The second kappa shape index (κ2) is 27.8. The summed E-state index contributed by atoms with van der Waals surface area (Å²) in [5.41, 5.74) is 2.62. The minimum absolute atomic E-state index is 1.12. The van der Waals surface area contributed by atoms with E-state index >= 15 is 0 Å². The van der Waals surface area contributed by atoms with Gasteiger partial charge in [-0.2, -0.15) is 0 Å². The molecule has 0 spiro atoms. The highest BCUT2D eigenvalue weighted by Gasteiger charge is 1.98. The molecule has 0 fully saturated rings. The molecule has 0 aliphatic heterocycles. The van der Waals surface area contributed by atoms with Crippen molar-refractivity contribution in [2.24, 2.45) is 0 Å². The van der Waals surface area contributed by atoms with Crippen molar-refractivity contribution < 1.29 is 0 Å². The van der Waals surface area contributed by atoms with Gasteiger partial charge < -0.3 is 0 Å². The van der Waals surface area contributed by atoms with Gasteiger partial charge in [0.2, 0.25) is 0 Å². The van der Waals surface area contributed by atoms with E-state index in [2.05, 4.69) is 169 Å². The second-order valence-electron chi connectivity index (χ2n) is 9.34. The fourth-order valence-corrected chi connectivity index (χ4v) is 7.12.